The number of likely N-dealkylation sites (tertiary alicyclic amines) is 1. The number of fused-ring (bicyclic) bond motifs is 1. The Labute approximate surface area is 269 Å². The number of hydrogen-bond donors (Lipinski definition) is 1. The molecule has 4 heterocycles. The number of aromatic nitrogens is 4. The van der Waals surface area contributed by atoms with Crippen molar-refractivity contribution in [2.24, 2.45) is 5.73 Å². The van der Waals surface area contributed by atoms with Crippen molar-refractivity contribution < 1.29 is 48.8 Å². The van der Waals surface area contributed by atoms with E-state index in [1.807, 2.05) is 0 Å². The zero-order valence-corrected chi connectivity index (χ0v) is 26.0. The fourth-order valence-corrected chi connectivity index (χ4v) is 7.22. The van der Waals surface area contributed by atoms with Crippen LogP contribution < -0.4 is 10.6 Å². The average molecular weight is 698 g/mol. The van der Waals surface area contributed by atoms with Gasteiger partial charge in [-0.15, -0.1) is 10.2 Å². The van der Waals surface area contributed by atoms with Crippen molar-refractivity contribution in [1.82, 2.24) is 25.2 Å². The Kier molecular flexibility index (Phi) is 8.81. The number of hydrogen-bond acceptors (Lipinski definition) is 12. The minimum absolute atomic E-state index is 0.0200. The third-order valence-corrected chi connectivity index (χ3v) is 9.73. The smallest absolute Gasteiger partial charge is 0.420 e. The van der Waals surface area contributed by atoms with Crippen LogP contribution in [0.25, 0.3) is 22.8 Å². The van der Waals surface area contributed by atoms with E-state index >= 15 is 0 Å². The molecule has 4 aromatic rings. The maximum Gasteiger partial charge on any atom is 0.471 e. The van der Waals surface area contributed by atoms with E-state index in [1.54, 1.807) is 4.90 Å². The predicted octanol–water partition coefficient (Wildman–Crippen LogP) is 3.52. The van der Waals surface area contributed by atoms with Crippen LogP contribution in [0.4, 0.5) is 27.6 Å². The number of methoxy groups -OCH3 is 1. The van der Waals surface area contributed by atoms with Gasteiger partial charge >= 0.3 is 12.1 Å². The first-order chi connectivity index (χ1) is 22.6. The number of alkyl halides is 5. The standard InChI is InChI=1S/C29H28F5N7O6S/c1-45-9-8-40-13-19(11-28(30,31)15-40)25-38-37-24(46-25)18-6-7-22-21(10-18)41(26(42)20(35)14-48(22,43)44)12-16-2-4-17(5-3-16)23-36-27(47-39-23)29(32,33)34/h2-7,10,19-20H,8-9,11-15,35H2,1H3/t19?,20-/m0/s1. The number of sulfone groups is 1. The molecule has 256 valence electrons. The SMILES string of the molecule is COCCN1CC(c2nnc(-c3ccc4c(c3)N(Cc3ccc(-c5noc(C(F)(F)F)n5)cc3)C(=O)[C@@H](N)CS4(=O)=O)o2)CC(F)(F)C1. The summed E-state index contributed by atoms with van der Waals surface area (Å²) in [6, 6.07) is 8.48. The van der Waals surface area contributed by atoms with Crippen LogP contribution in [0.3, 0.4) is 0 Å². The van der Waals surface area contributed by atoms with Gasteiger partial charge in [0.15, 0.2) is 9.84 Å². The Hall–Kier alpha value is -4.33. The lowest BCUT2D eigenvalue weighted by Gasteiger charge is -2.35. The van der Waals surface area contributed by atoms with Crippen molar-refractivity contribution in [3.8, 4) is 22.8 Å². The zero-order chi connectivity index (χ0) is 34.4. The largest absolute Gasteiger partial charge is 0.471 e. The van der Waals surface area contributed by atoms with E-state index in [2.05, 4.69) is 24.9 Å². The molecule has 2 aromatic heterocycles. The maximum atomic E-state index is 14.6. The molecule has 1 amide bonds. The molecule has 0 spiro atoms. The number of piperidine rings is 1. The van der Waals surface area contributed by atoms with E-state index in [9.17, 15) is 35.2 Å². The third-order valence-electron chi connectivity index (χ3n) is 7.92. The topological polar surface area (TPSA) is 171 Å². The van der Waals surface area contributed by atoms with Crippen molar-refractivity contribution >= 4 is 21.4 Å². The Morgan fingerprint density at radius 2 is 1.83 bits per heavy atom. The highest BCUT2D eigenvalue weighted by molar-refractivity contribution is 7.91. The Balaban J connectivity index is 1.30. The highest BCUT2D eigenvalue weighted by atomic mass is 32.2. The molecule has 0 bridgehead atoms. The van der Waals surface area contributed by atoms with Gasteiger partial charge in [-0.3, -0.25) is 9.69 Å². The van der Waals surface area contributed by atoms with Crippen molar-refractivity contribution in [2.75, 3.05) is 44.0 Å². The van der Waals surface area contributed by atoms with Crippen molar-refractivity contribution in [3.63, 3.8) is 0 Å². The van der Waals surface area contributed by atoms with Crippen LogP contribution in [0.5, 0.6) is 0 Å². The summed E-state index contributed by atoms with van der Waals surface area (Å²) >= 11 is 0. The molecule has 0 aliphatic carbocycles. The lowest BCUT2D eigenvalue weighted by Crippen LogP contribution is -2.47. The molecule has 1 saturated heterocycles. The Morgan fingerprint density at radius 1 is 1.10 bits per heavy atom. The summed E-state index contributed by atoms with van der Waals surface area (Å²) in [7, 11) is -2.57. The van der Waals surface area contributed by atoms with E-state index in [4.69, 9.17) is 14.9 Å². The second-order valence-corrected chi connectivity index (χ2v) is 13.5. The van der Waals surface area contributed by atoms with Crippen molar-refractivity contribution in [3.05, 3.63) is 59.8 Å². The molecule has 48 heavy (non-hydrogen) atoms. The summed E-state index contributed by atoms with van der Waals surface area (Å²) in [5, 5.41) is 11.4. The van der Waals surface area contributed by atoms with Crippen LogP contribution in [0.2, 0.25) is 0 Å². The first-order valence-corrected chi connectivity index (χ1v) is 16.2. The number of carbonyl (C=O) groups excluding carboxylic acids is 1. The monoisotopic (exact) mass is 697 g/mol. The van der Waals surface area contributed by atoms with E-state index in [0.717, 1.165) is 0 Å². The number of anilines is 1. The van der Waals surface area contributed by atoms with Crippen LogP contribution in [0, 0.1) is 0 Å². The summed E-state index contributed by atoms with van der Waals surface area (Å²) in [5.74, 6) is -7.06. The molecule has 2 aliphatic rings. The van der Waals surface area contributed by atoms with Gasteiger partial charge in [0.25, 0.3) is 5.92 Å². The number of halogens is 5. The summed E-state index contributed by atoms with van der Waals surface area (Å²) in [4.78, 5) is 19.4. The number of nitrogens with zero attached hydrogens (tertiary/aromatic N) is 6. The predicted molar refractivity (Wildman–Crippen MR) is 156 cm³/mol. The fourth-order valence-electron chi connectivity index (χ4n) is 5.67. The number of rotatable bonds is 8. The number of ether oxygens (including phenoxy) is 1. The highest BCUT2D eigenvalue weighted by Gasteiger charge is 2.43. The molecule has 13 nitrogen and oxygen atoms in total. The molecule has 2 aromatic carbocycles. The molecular formula is C29H28F5N7O6S. The molecule has 2 aliphatic heterocycles. The van der Waals surface area contributed by atoms with E-state index < -0.39 is 64.4 Å². The quantitative estimate of drug-likeness (QED) is 0.266. The van der Waals surface area contributed by atoms with Crippen LogP contribution in [-0.2, 0) is 32.1 Å². The average Bonchev–Trinajstić information content (AvgIpc) is 3.72. The first-order valence-electron chi connectivity index (χ1n) is 14.5. The second kappa shape index (κ2) is 12.6. The highest BCUT2D eigenvalue weighted by Crippen LogP contribution is 2.39. The van der Waals surface area contributed by atoms with Crippen LogP contribution in [0.15, 0.2) is 56.3 Å². The summed E-state index contributed by atoms with van der Waals surface area (Å²) in [6.45, 7) is 0.173. The second-order valence-electron chi connectivity index (χ2n) is 11.5. The fraction of sp³-hybridized carbons (Fsp3) is 0.414. The number of amides is 1. The van der Waals surface area contributed by atoms with E-state index in [-0.39, 0.29) is 65.6 Å². The molecular weight excluding hydrogens is 669 g/mol. The maximum absolute atomic E-state index is 14.6. The molecule has 0 saturated carbocycles. The van der Waals surface area contributed by atoms with E-state index in [1.165, 1.54) is 54.5 Å². The lowest BCUT2D eigenvalue weighted by atomic mass is 9.95. The number of carbonyl (C=O) groups is 1. The third kappa shape index (κ3) is 6.94. The first kappa shape index (κ1) is 33.6. The van der Waals surface area contributed by atoms with Gasteiger partial charge in [-0.25, -0.2) is 17.2 Å². The van der Waals surface area contributed by atoms with Crippen molar-refractivity contribution in [2.45, 2.75) is 41.9 Å². The zero-order valence-electron chi connectivity index (χ0n) is 25.2. The molecule has 2 atom stereocenters. The minimum atomic E-state index is -4.82. The van der Waals surface area contributed by atoms with Crippen LogP contribution >= 0.6 is 0 Å². The van der Waals surface area contributed by atoms with Gasteiger partial charge in [-0.2, -0.15) is 18.2 Å². The Morgan fingerprint density at radius 3 is 2.52 bits per heavy atom. The number of nitrogens with two attached hydrogens (primary N) is 1. The van der Waals surface area contributed by atoms with Gasteiger partial charge in [0, 0.05) is 37.7 Å². The van der Waals surface area contributed by atoms with Gasteiger partial charge in [-0.1, -0.05) is 29.4 Å². The summed E-state index contributed by atoms with van der Waals surface area (Å²) in [6.07, 6.45) is -5.32. The normalized spacial score (nSPS) is 21.2. The summed E-state index contributed by atoms with van der Waals surface area (Å²) < 4.78 is 109. The van der Waals surface area contributed by atoms with Crippen LogP contribution in [0.1, 0.15) is 29.7 Å². The minimum Gasteiger partial charge on any atom is -0.420 e. The lowest BCUT2D eigenvalue weighted by molar-refractivity contribution is -0.159. The number of benzene rings is 2. The molecule has 6 rings (SSSR count). The molecule has 0 radical (unpaired) electrons. The van der Waals surface area contributed by atoms with Crippen molar-refractivity contribution in [1.29, 1.82) is 0 Å². The van der Waals surface area contributed by atoms with Gasteiger partial charge in [-0.05, 0) is 23.8 Å². The summed E-state index contributed by atoms with van der Waals surface area (Å²) in [5.41, 5.74) is 6.87. The van der Waals surface area contributed by atoms with E-state index in [0.29, 0.717) is 5.56 Å². The molecule has 1 unspecified atom stereocenters. The van der Waals surface area contributed by atoms with Gasteiger partial charge in [0.1, 0.15) is 0 Å². The molecule has 1 fully saturated rings. The van der Waals surface area contributed by atoms with Gasteiger partial charge < -0.3 is 24.3 Å². The molecule has 19 heteroatoms. The van der Waals surface area contributed by atoms with Crippen LogP contribution in [-0.4, -0.2) is 90.6 Å². The Bertz CT molecular complexity index is 1920. The van der Waals surface area contributed by atoms with Gasteiger partial charge in [0.05, 0.1) is 48.0 Å². The molecule has 2 N–H and O–H groups in total. The van der Waals surface area contributed by atoms with Gasteiger partial charge in [0.2, 0.25) is 23.5 Å².